The minimum atomic E-state index is 0.167. The molecule has 0 atom stereocenters. The number of hydrogen-bond acceptors (Lipinski definition) is 2. The Bertz CT molecular complexity index is 1630. The number of hydrogen-bond donors (Lipinski definition) is 0. The molecule has 0 saturated carbocycles. The topological polar surface area (TPSA) is 30.7 Å². The molecule has 0 amide bonds. The van der Waals surface area contributed by atoms with E-state index >= 15 is 0 Å². The van der Waals surface area contributed by atoms with Gasteiger partial charge in [0.15, 0.2) is 0 Å². The number of aromatic nitrogens is 3. The van der Waals surface area contributed by atoms with E-state index in [0.29, 0.717) is 0 Å². The lowest BCUT2D eigenvalue weighted by molar-refractivity contribution is 0.590. The molecule has 1 heterocycles. The maximum absolute atomic E-state index is 4.79. The molecular formula is C32H27N3. The molecule has 0 aliphatic carbocycles. The molecular weight excluding hydrogens is 426 g/mol. The van der Waals surface area contributed by atoms with E-state index in [1.807, 2.05) is 18.2 Å². The fraction of sp³-hybridized carbons (Fsp3) is 0.125. The van der Waals surface area contributed by atoms with Crippen molar-refractivity contribution in [2.24, 2.45) is 0 Å². The van der Waals surface area contributed by atoms with Crippen LogP contribution in [0.15, 0.2) is 109 Å². The van der Waals surface area contributed by atoms with Crippen molar-refractivity contribution in [2.75, 3.05) is 0 Å². The first-order valence-corrected chi connectivity index (χ1v) is 12.0. The molecule has 0 aliphatic heterocycles. The normalized spacial score (nSPS) is 11.9. The summed E-state index contributed by atoms with van der Waals surface area (Å²) in [5, 5.41) is 11.8. The Morgan fingerprint density at radius 3 is 1.69 bits per heavy atom. The molecule has 0 aliphatic rings. The largest absolute Gasteiger partial charge is 0.150 e. The summed E-state index contributed by atoms with van der Waals surface area (Å²) in [7, 11) is 0. The van der Waals surface area contributed by atoms with Crippen LogP contribution in [0.3, 0.4) is 0 Å². The van der Waals surface area contributed by atoms with Crippen molar-refractivity contribution in [3.8, 4) is 27.9 Å². The predicted molar refractivity (Wildman–Crippen MR) is 146 cm³/mol. The molecule has 0 saturated heterocycles. The fourth-order valence-corrected chi connectivity index (χ4v) is 4.57. The Hall–Kier alpha value is -4.24. The van der Waals surface area contributed by atoms with E-state index in [1.54, 1.807) is 4.80 Å². The molecule has 170 valence electrons. The van der Waals surface area contributed by atoms with Gasteiger partial charge < -0.3 is 0 Å². The van der Waals surface area contributed by atoms with E-state index in [9.17, 15) is 0 Å². The zero-order valence-corrected chi connectivity index (χ0v) is 20.2. The maximum Gasteiger partial charge on any atom is 0.121 e. The molecule has 0 bridgehead atoms. The first-order valence-electron chi connectivity index (χ1n) is 12.0. The number of nitrogens with zero attached hydrogens (tertiary/aromatic N) is 3. The minimum Gasteiger partial charge on any atom is -0.150 e. The molecule has 0 radical (unpaired) electrons. The van der Waals surface area contributed by atoms with E-state index in [4.69, 9.17) is 10.2 Å². The van der Waals surface area contributed by atoms with Crippen LogP contribution in [0, 0.1) is 0 Å². The monoisotopic (exact) mass is 453 g/mol. The zero-order valence-electron chi connectivity index (χ0n) is 20.2. The smallest absolute Gasteiger partial charge is 0.121 e. The Morgan fingerprint density at radius 2 is 1.09 bits per heavy atom. The second-order valence-corrected chi connectivity index (χ2v) is 10.1. The summed E-state index contributed by atoms with van der Waals surface area (Å²) < 4.78 is 0. The van der Waals surface area contributed by atoms with Gasteiger partial charge in [-0.15, -0.1) is 10.2 Å². The minimum absolute atomic E-state index is 0.167. The summed E-state index contributed by atoms with van der Waals surface area (Å²) >= 11 is 0. The molecule has 0 N–H and O–H groups in total. The summed E-state index contributed by atoms with van der Waals surface area (Å²) in [6, 6.07) is 38.5. The summed E-state index contributed by atoms with van der Waals surface area (Å²) in [5.74, 6) is 0. The standard InChI is InChI=1S/C32H27N3/c1-32(2,3)27-17-12-24(13-18-27)22-8-10-23(11-9-22)25-14-19-28(20-15-25)35-33-30-21-16-26-6-4-5-7-29(26)31(30)34-35/h4-21H,1-3H3. The highest BCUT2D eigenvalue weighted by Gasteiger charge is 2.13. The van der Waals surface area contributed by atoms with Gasteiger partial charge in [-0.2, -0.15) is 4.80 Å². The summed E-state index contributed by atoms with van der Waals surface area (Å²) in [4.78, 5) is 1.73. The van der Waals surface area contributed by atoms with Gasteiger partial charge in [0.25, 0.3) is 0 Å². The third kappa shape index (κ3) is 4.00. The Labute approximate surface area is 205 Å². The van der Waals surface area contributed by atoms with Gasteiger partial charge in [0.05, 0.1) is 5.69 Å². The molecule has 35 heavy (non-hydrogen) atoms. The second kappa shape index (κ2) is 8.21. The van der Waals surface area contributed by atoms with E-state index < -0.39 is 0 Å². The third-order valence-electron chi connectivity index (χ3n) is 6.68. The van der Waals surface area contributed by atoms with Crippen LogP contribution in [0.4, 0.5) is 0 Å². The first-order chi connectivity index (χ1) is 17.0. The molecule has 0 unspecified atom stereocenters. The average Bonchev–Trinajstić information content (AvgIpc) is 3.34. The van der Waals surface area contributed by atoms with Gasteiger partial charge in [-0.3, -0.25) is 0 Å². The number of rotatable bonds is 3. The quantitative estimate of drug-likeness (QED) is 0.270. The van der Waals surface area contributed by atoms with Crippen molar-refractivity contribution in [3.63, 3.8) is 0 Å². The summed E-state index contributed by atoms with van der Waals surface area (Å²) in [5.41, 5.74) is 9.13. The summed E-state index contributed by atoms with van der Waals surface area (Å²) in [6.45, 7) is 6.73. The lowest BCUT2D eigenvalue weighted by Gasteiger charge is -2.19. The second-order valence-electron chi connectivity index (χ2n) is 10.1. The lowest BCUT2D eigenvalue weighted by Crippen LogP contribution is -2.10. The van der Waals surface area contributed by atoms with Gasteiger partial charge in [-0.25, -0.2) is 0 Å². The zero-order chi connectivity index (χ0) is 24.0. The molecule has 3 nitrogen and oxygen atoms in total. The van der Waals surface area contributed by atoms with Gasteiger partial charge in [0, 0.05) is 5.39 Å². The first kappa shape index (κ1) is 21.3. The van der Waals surface area contributed by atoms with Crippen LogP contribution in [-0.4, -0.2) is 15.0 Å². The van der Waals surface area contributed by atoms with Crippen molar-refractivity contribution in [1.82, 2.24) is 15.0 Å². The SMILES string of the molecule is CC(C)(C)c1ccc(-c2ccc(-c3ccc(-n4nc5ccc6ccccc6c5n4)cc3)cc2)cc1. The highest BCUT2D eigenvalue weighted by Crippen LogP contribution is 2.29. The van der Waals surface area contributed by atoms with Gasteiger partial charge in [0.2, 0.25) is 0 Å². The van der Waals surface area contributed by atoms with Crippen LogP contribution in [0.25, 0.3) is 49.7 Å². The third-order valence-corrected chi connectivity index (χ3v) is 6.68. The summed E-state index contributed by atoms with van der Waals surface area (Å²) in [6.07, 6.45) is 0. The van der Waals surface area contributed by atoms with Gasteiger partial charge in [0.1, 0.15) is 11.0 Å². The molecule has 3 heteroatoms. The van der Waals surface area contributed by atoms with Gasteiger partial charge in [-0.05, 0) is 56.8 Å². The van der Waals surface area contributed by atoms with Crippen LogP contribution in [0.1, 0.15) is 26.3 Å². The van der Waals surface area contributed by atoms with Crippen molar-refractivity contribution in [2.45, 2.75) is 26.2 Å². The van der Waals surface area contributed by atoms with E-state index in [0.717, 1.165) is 22.1 Å². The maximum atomic E-state index is 4.79. The Morgan fingerprint density at radius 1 is 0.543 bits per heavy atom. The van der Waals surface area contributed by atoms with Crippen molar-refractivity contribution in [1.29, 1.82) is 0 Å². The van der Waals surface area contributed by atoms with Crippen LogP contribution in [0.2, 0.25) is 0 Å². The van der Waals surface area contributed by atoms with E-state index in [-0.39, 0.29) is 5.41 Å². The van der Waals surface area contributed by atoms with Crippen molar-refractivity contribution in [3.05, 3.63) is 115 Å². The molecule has 5 aromatic carbocycles. The predicted octanol–water partition coefficient (Wildman–Crippen LogP) is 8.21. The number of benzene rings is 5. The Balaban J connectivity index is 1.26. The molecule has 6 aromatic rings. The highest BCUT2D eigenvalue weighted by atomic mass is 15.5. The molecule has 1 aromatic heterocycles. The lowest BCUT2D eigenvalue weighted by atomic mass is 9.86. The Kier molecular flexibility index (Phi) is 5.00. The van der Waals surface area contributed by atoms with Crippen molar-refractivity contribution >= 4 is 21.8 Å². The van der Waals surface area contributed by atoms with E-state index in [2.05, 4.69) is 112 Å². The molecule has 0 fully saturated rings. The van der Waals surface area contributed by atoms with Crippen LogP contribution < -0.4 is 0 Å². The molecule has 6 rings (SSSR count). The van der Waals surface area contributed by atoms with Crippen molar-refractivity contribution < 1.29 is 0 Å². The van der Waals surface area contributed by atoms with Gasteiger partial charge >= 0.3 is 0 Å². The van der Waals surface area contributed by atoms with Crippen LogP contribution in [-0.2, 0) is 5.41 Å². The fourth-order valence-electron chi connectivity index (χ4n) is 4.57. The van der Waals surface area contributed by atoms with Gasteiger partial charge in [-0.1, -0.05) is 112 Å². The highest BCUT2D eigenvalue weighted by molar-refractivity contribution is 6.03. The van der Waals surface area contributed by atoms with E-state index in [1.165, 1.54) is 33.2 Å². The molecule has 0 spiro atoms. The average molecular weight is 454 g/mol. The van der Waals surface area contributed by atoms with Crippen LogP contribution in [0.5, 0.6) is 0 Å². The number of fused-ring (bicyclic) bond motifs is 3. The van der Waals surface area contributed by atoms with Crippen LogP contribution >= 0.6 is 0 Å².